The van der Waals surface area contributed by atoms with Gasteiger partial charge in [-0.3, -0.25) is 0 Å². The van der Waals surface area contributed by atoms with Gasteiger partial charge in [-0.05, 0) is 5.56 Å². The minimum absolute atomic E-state index is 0.00486. The number of carbonyl (C=O) groups excluding carboxylic acids is 1. The molecule has 8 nitrogen and oxygen atoms in total. The van der Waals surface area contributed by atoms with Crippen LogP contribution in [0.5, 0.6) is 0 Å². The summed E-state index contributed by atoms with van der Waals surface area (Å²) in [5.74, 6) is 0. The Balaban J connectivity index is 1.87. The van der Waals surface area contributed by atoms with Gasteiger partial charge in [0.25, 0.3) is 0 Å². The zero-order chi connectivity index (χ0) is 15.8. The van der Waals surface area contributed by atoms with Crippen LogP contribution in [0.25, 0.3) is 0 Å². The van der Waals surface area contributed by atoms with E-state index in [1.807, 2.05) is 30.3 Å². The van der Waals surface area contributed by atoms with Gasteiger partial charge in [-0.25, -0.2) is 4.79 Å². The third-order valence-electron chi connectivity index (χ3n) is 3.05. The third-order valence-corrected chi connectivity index (χ3v) is 3.05. The van der Waals surface area contributed by atoms with Crippen molar-refractivity contribution in [2.45, 2.75) is 25.3 Å². The normalized spacial score (nSPS) is 13.4. The van der Waals surface area contributed by atoms with Crippen LogP contribution in [0.1, 0.15) is 5.56 Å². The van der Waals surface area contributed by atoms with Gasteiger partial charge in [0.1, 0.15) is 6.61 Å². The Morgan fingerprint density at radius 1 is 1.32 bits per heavy atom. The Morgan fingerprint density at radius 3 is 2.64 bits per heavy atom. The van der Waals surface area contributed by atoms with Crippen molar-refractivity contribution in [2.75, 3.05) is 6.54 Å². The molecule has 0 fully saturated rings. The van der Waals surface area contributed by atoms with E-state index in [0.717, 1.165) is 5.56 Å². The number of nitrogens with one attached hydrogen (secondary N) is 1. The number of nitrogens with zero attached hydrogens (tertiary/aromatic N) is 3. The molecule has 0 radical (unpaired) electrons. The van der Waals surface area contributed by atoms with Crippen molar-refractivity contribution in [3.63, 3.8) is 0 Å². The highest BCUT2D eigenvalue weighted by atomic mass is 16.5. The lowest BCUT2D eigenvalue weighted by Gasteiger charge is -2.22. The molecule has 22 heavy (non-hydrogen) atoms. The summed E-state index contributed by atoms with van der Waals surface area (Å²) in [5, 5.41) is 20.3. The van der Waals surface area contributed by atoms with E-state index in [1.54, 1.807) is 0 Å². The molecule has 0 saturated carbocycles. The highest BCUT2D eigenvalue weighted by Gasteiger charge is 2.22. The molecule has 2 aromatic rings. The SMILES string of the molecule is NC[C@@H](O)[C@@H](Cn1nccn1)NC(=O)OCc1ccccc1. The van der Waals surface area contributed by atoms with E-state index < -0.39 is 18.2 Å². The molecule has 0 saturated heterocycles. The molecule has 0 unspecified atom stereocenters. The fourth-order valence-corrected chi connectivity index (χ4v) is 1.86. The van der Waals surface area contributed by atoms with Crippen LogP contribution in [0, 0.1) is 0 Å². The molecular weight excluding hydrogens is 286 g/mol. The predicted molar refractivity (Wildman–Crippen MR) is 78.6 cm³/mol. The van der Waals surface area contributed by atoms with E-state index in [-0.39, 0.29) is 19.7 Å². The minimum Gasteiger partial charge on any atom is -0.445 e. The summed E-state index contributed by atoms with van der Waals surface area (Å²) in [4.78, 5) is 13.2. The van der Waals surface area contributed by atoms with Crippen LogP contribution in [-0.2, 0) is 17.9 Å². The second-order valence-corrected chi connectivity index (χ2v) is 4.70. The lowest BCUT2D eigenvalue weighted by atomic mass is 10.1. The van der Waals surface area contributed by atoms with Crippen LogP contribution in [-0.4, -0.2) is 44.9 Å². The molecule has 0 aliphatic rings. The van der Waals surface area contributed by atoms with Crippen LogP contribution in [0.3, 0.4) is 0 Å². The third kappa shape index (κ3) is 4.83. The van der Waals surface area contributed by atoms with Crippen LogP contribution < -0.4 is 11.1 Å². The topological polar surface area (TPSA) is 115 Å². The Hall–Kier alpha value is -2.45. The number of nitrogens with two attached hydrogens (primary N) is 1. The van der Waals surface area contributed by atoms with E-state index >= 15 is 0 Å². The van der Waals surface area contributed by atoms with Crippen LogP contribution >= 0.6 is 0 Å². The number of hydrogen-bond donors (Lipinski definition) is 3. The smallest absolute Gasteiger partial charge is 0.407 e. The van der Waals surface area contributed by atoms with E-state index in [1.165, 1.54) is 17.2 Å². The summed E-state index contributed by atoms with van der Waals surface area (Å²) in [5.41, 5.74) is 6.33. The molecule has 0 bridgehead atoms. The van der Waals surface area contributed by atoms with Gasteiger partial charge in [-0.1, -0.05) is 30.3 Å². The van der Waals surface area contributed by atoms with E-state index in [9.17, 15) is 9.90 Å². The number of ether oxygens (including phenoxy) is 1. The Morgan fingerprint density at radius 2 is 2.00 bits per heavy atom. The van der Waals surface area contributed by atoms with E-state index in [0.29, 0.717) is 0 Å². The molecule has 8 heteroatoms. The molecular formula is C14H19N5O3. The number of carbonyl (C=O) groups is 1. The van der Waals surface area contributed by atoms with Gasteiger partial charge in [0.2, 0.25) is 0 Å². The lowest BCUT2D eigenvalue weighted by molar-refractivity contribution is 0.0969. The number of rotatable bonds is 7. The fourth-order valence-electron chi connectivity index (χ4n) is 1.86. The van der Waals surface area contributed by atoms with Crippen molar-refractivity contribution in [1.82, 2.24) is 20.3 Å². The molecule has 4 N–H and O–H groups in total. The molecule has 1 aromatic heterocycles. The molecule has 1 amide bonds. The number of aromatic nitrogens is 3. The Labute approximate surface area is 127 Å². The van der Waals surface area contributed by atoms with Crippen molar-refractivity contribution >= 4 is 6.09 Å². The number of hydrogen-bond acceptors (Lipinski definition) is 6. The van der Waals surface area contributed by atoms with Crippen molar-refractivity contribution in [2.24, 2.45) is 5.73 Å². The first kappa shape index (κ1) is 15.9. The largest absolute Gasteiger partial charge is 0.445 e. The van der Waals surface area contributed by atoms with Crippen LogP contribution in [0.4, 0.5) is 4.79 Å². The van der Waals surface area contributed by atoms with Gasteiger partial charge in [-0.2, -0.15) is 15.0 Å². The quantitative estimate of drug-likeness (QED) is 0.657. The van der Waals surface area contributed by atoms with E-state index in [4.69, 9.17) is 10.5 Å². The fraction of sp³-hybridized carbons (Fsp3) is 0.357. The predicted octanol–water partition coefficient (Wildman–Crippen LogP) is -0.107. The summed E-state index contributed by atoms with van der Waals surface area (Å²) in [6.45, 7) is 0.356. The van der Waals surface area contributed by atoms with Crippen molar-refractivity contribution in [1.29, 1.82) is 0 Å². The summed E-state index contributed by atoms with van der Waals surface area (Å²) < 4.78 is 5.12. The second-order valence-electron chi connectivity index (χ2n) is 4.70. The zero-order valence-corrected chi connectivity index (χ0v) is 12.0. The monoisotopic (exact) mass is 305 g/mol. The molecule has 1 heterocycles. The number of aliphatic hydroxyl groups excluding tert-OH is 1. The molecule has 0 spiro atoms. The summed E-state index contributed by atoms with van der Waals surface area (Å²) in [6, 6.07) is 8.68. The van der Waals surface area contributed by atoms with Gasteiger partial charge in [0.15, 0.2) is 0 Å². The van der Waals surface area contributed by atoms with Gasteiger partial charge < -0.3 is 20.9 Å². The van der Waals surface area contributed by atoms with Crippen LogP contribution in [0.2, 0.25) is 0 Å². The summed E-state index contributed by atoms with van der Waals surface area (Å²) in [6.07, 6.45) is 1.47. The number of benzene rings is 1. The number of alkyl carbamates (subject to hydrolysis) is 1. The Bertz CT molecular complexity index is 561. The van der Waals surface area contributed by atoms with Gasteiger partial charge in [0.05, 0.1) is 31.1 Å². The molecule has 118 valence electrons. The van der Waals surface area contributed by atoms with Gasteiger partial charge in [0, 0.05) is 6.54 Å². The first-order valence-electron chi connectivity index (χ1n) is 6.88. The molecule has 0 aliphatic heterocycles. The Kier molecular flexibility index (Phi) is 5.87. The van der Waals surface area contributed by atoms with Gasteiger partial charge in [-0.15, -0.1) is 0 Å². The van der Waals surface area contributed by atoms with Crippen molar-refractivity contribution in [3.8, 4) is 0 Å². The lowest BCUT2D eigenvalue weighted by Crippen LogP contribution is -2.49. The molecule has 2 rings (SSSR count). The average Bonchev–Trinajstić information content (AvgIpc) is 3.05. The maximum atomic E-state index is 11.8. The summed E-state index contributed by atoms with van der Waals surface area (Å²) >= 11 is 0. The summed E-state index contributed by atoms with van der Waals surface area (Å²) in [7, 11) is 0. The van der Waals surface area contributed by atoms with Crippen molar-refractivity contribution < 1.29 is 14.6 Å². The first-order chi connectivity index (χ1) is 10.7. The molecule has 2 atom stereocenters. The minimum atomic E-state index is -0.921. The first-order valence-corrected chi connectivity index (χ1v) is 6.88. The maximum absolute atomic E-state index is 11.8. The van der Waals surface area contributed by atoms with Gasteiger partial charge >= 0.3 is 6.09 Å². The molecule has 1 aromatic carbocycles. The van der Waals surface area contributed by atoms with E-state index in [2.05, 4.69) is 15.5 Å². The second kappa shape index (κ2) is 8.11. The highest BCUT2D eigenvalue weighted by Crippen LogP contribution is 2.02. The zero-order valence-electron chi connectivity index (χ0n) is 12.0. The average molecular weight is 305 g/mol. The molecule has 0 aliphatic carbocycles. The number of aliphatic hydroxyl groups is 1. The maximum Gasteiger partial charge on any atom is 0.407 e. The number of amides is 1. The highest BCUT2D eigenvalue weighted by molar-refractivity contribution is 5.67. The van der Waals surface area contributed by atoms with Crippen LogP contribution in [0.15, 0.2) is 42.7 Å². The standard InChI is InChI=1S/C14H19N5O3/c15-8-13(20)12(9-19-16-6-7-17-19)18-14(21)22-10-11-4-2-1-3-5-11/h1-7,12-13,20H,8-10,15H2,(H,18,21)/t12-,13-/m1/s1. The van der Waals surface area contributed by atoms with Crippen molar-refractivity contribution in [3.05, 3.63) is 48.3 Å².